The van der Waals surface area contributed by atoms with Gasteiger partial charge in [0.25, 0.3) is 0 Å². The first-order valence-electron chi connectivity index (χ1n) is 60.3. The molecule has 472 valence electrons. The Morgan fingerprint density at radius 3 is 0.873 bits per heavy atom. The number of hydrogen-bond acceptors (Lipinski definition) is 2. The molecule has 22 aromatic rings. The Morgan fingerprint density at radius 2 is 0.441 bits per heavy atom. The topological polar surface area (TPSA) is 26.3 Å². The van der Waals surface area contributed by atoms with Gasteiger partial charge in [0.1, 0.15) is 22.3 Å². The minimum atomic E-state index is -1.09. The highest BCUT2D eigenvalue weighted by Gasteiger charge is 2.23. The molecule has 0 aliphatic heterocycles. The summed E-state index contributed by atoms with van der Waals surface area (Å²) >= 11 is 0. The van der Waals surface area contributed by atoms with Crippen LogP contribution < -0.4 is 0 Å². The first-order valence-corrected chi connectivity index (χ1v) is 30.3. The molecule has 0 aliphatic carbocycles. The van der Waals surface area contributed by atoms with Crippen molar-refractivity contribution in [1.29, 1.82) is 0 Å². The summed E-state index contributed by atoms with van der Waals surface area (Å²) < 4.78 is 557. The van der Waals surface area contributed by atoms with E-state index < -0.39 is 570 Å². The van der Waals surface area contributed by atoms with Crippen LogP contribution in [0.4, 0.5) is 0 Å². The van der Waals surface area contributed by atoms with Crippen molar-refractivity contribution in [2.75, 3.05) is 0 Å². The third kappa shape index (κ3) is 9.00. The van der Waals surface area contributed by atoms with Crippen LogP contribution in [0.1, 0.15) is 82.2 Å². The Hall–Kier alpha value is -13.4. The lowest BCUT2D eigenvalue weighted by Crippen LogP contribution is -1.92. The van der Waals surface area contributed by atoms with Crippen molar-refractivity contribution in [3.8, 4) is 66.8 Å². The van der Waals surface area contributed by atoms with Crippen LogP contribution in [0.5, 0.6) is 0 Å². The average Bonchev–Trinajstić information content (AvgIpc) is 0.877. The Kier molecular flexibility index (Phi) is 5.42. The van der Waals surface area contributed by atoms with Crippen LogP contribution in [-0.4, -0.2) is 0 Å². The second-order valence-corrected chi connectivity index (χ2v) is 22.5. The molecule has 2 heteroatoms. The fraction of sp³-hybridized carbons (Fsp3) is 0. The van der Waals surface area contributed by atoms with Gasteiger partial charge in [0, 0.05) is 32.7 Å². The zero-order valence-electron chi connectivity index (χ0n) is 111. The average molecular weight is 1350 g/mol. The highest BCUT2D eigenvalue weighted by molar-refractivity contribution is 6.28. The molecular formula is C100H60O2. The van der Waals surface area contributed by atoms with Crippen LogP contribution in [0.2, 0.25) is 0 Å². The molecule has 0 aliphatic rings. The molecule has 0 N–H and O–H groups in total. The lowest BCUT2D eigenvalue weighted by molar-refractivity contribution is 0.670. The van der Waals surface area contributed by atoms with Gasteiger partial charge in [-0.15, -0.1) is 0 Å². The van der Waals surface area contributed by atoms with Gasteiger partial charge in [0.2, 0.25) is 0 Å². The number of hydrogen-bond donors (Lipinski definition) is 0. The normalized spacial score (nSPS) is 20.2. The largest absolute Gasteiger partial charge is 0.455 e. The number of fused-ring (bicyclic) bond motifs is 18. The molecule has 0 amide bonds. The summed E-state index contributed by atoms with van der Waals surface area (Å²) in [4.78, 5) is 0. The highest BCUT2D eigenvalue weighted by atomic mass is 16.3. The molecule has 0 bridgehead atoms. The van der Waals surface area contributed by atoms with Crippen LogP contribution in [0.3, 0.4) is 0 Å². The Morgan fingerprint density at radius 1 is 0.167 bits per heavy atom. The van der Waals surface area contributed by atoms with Crippen LogP contribution in [-0.2, 0) is 0 Å². The van der Waals surface area contributed by atoms with E-state index >= 15 is 0 Å². The van der Waals surface area contributed by atoms with Gasteiger partial charge in [-0.1, -0.05) is 332 Å². The van der Waals surface area contributed by atoms with E-state index in [0.717, 1.165) is 0 Å². The van der Waals surface area contributed by atoms with Crippen LogP contribution in [0.25, 0.3) is 218 Å². The molecule has 0 radical (unpaired) electrons. The van der Waals surface area contributed by atoms with E-state index in [1.807, 2.05) is 0 Å². The van der Waals surface area contributed by atoms with Crippen molar-refractivity contribution < 1.29 is 91.1 Å². The van der Waals surface area contributed by atoms with Crippen molar-refractivity contribution in [3.05, 3.63) is 363 Å². The summed E-state index contributed by atoms with van der Waals surface area (Å²) in [5.41, 5.74) is -11.8. The monoisotopic (exact) mass is 1350 g/mol. The van der Waals surface area contributed by atoms with E-state index in [0.29, 0.717) is 0 Å². The molecule has 0 unspecified atom stereocenters. The molecule has 0 saturated carbocycles. The predicted molar refractivity (Wildman–Crippen MR) is 435 cm³/mol. The summed E-state index contributed by atoms with van der Waals surface area (Å²) in [6.45, 7) is 0. The maximum atomic E-state index is 9.86. The van der Waals surface area contributed by atoms with Crippen molar-refractivity contribution in [2.45, 2.75) is 0 Å². The Bertz CT molecular complexity index is 10900. The quantitative estimate of drug-likeness (QED) is 0.155. The van der Waals surface area contributed by atoms with E-state index in [9.17, 15) is 34.3 Å². The molecule has 22 rings (SSSR count). The lowest BCUT2D eigenvalue weighted by atomic mass is 9.83. The van der Waals surface area contributed by atoms with E-state index in [4.69, 9.17) is 56.8 Å². The van der Waals surface area contributed by atoms with Crippen molar-refractivity contribution in [1.82, 2.24) is 0 Å². The van der Waals surface area contributed by atoms with Gasteiger partial charge in [-0.25, -0.2) is 0 Å². The van der Waals surface area contributed by atoms with Crippen molar-refractivity contribution in [2.24, 2.45) is 0 Å². The molecule has 0 fully saturated rings. The van der Waals surface area contributed by atoms with Gasteiger partial charge < -0.3 is 8.83 Å². The number of rotatable bonds is 6. The van der Waals surface area contributed by atoms with Crippen molar-refractivity contribution in [3.63, 3.8) is 0 Å². The number of benzene rings is 20. The first-order chi connectivity index (χ1) is 75.6. The van der Waals surface area contributed by atoms with Crippen LogP contribution in [0, 0.1) is 0 Å². The first kappa shape index (κ1) is 23.9. The summed E-state index contributed by atoms with van der Waals surface area (Å²) in [7, 11) is 0. The maximum Gasteiger partial charge on any atom is 0.143 e. The highest BCUT2D eigenvalue weighted by Crippen LogP contribution is 2.50. The summed E-state index contributed by atoms with van der Waals surface area (Å²) in [5, 5.41) is -15.5. The van der Waals surface area contributed by atoms with E-state index in [1.165, 1.54) is 0 Å². The molecule has 0 spiro atoms. The second-order valence-electron chi connectivity index (χ2n) is 22.5. The summed E-state index contributed by atoms with van der Waals surface area (Å²) in [5.74, 6) is 0. The summed E-state index contributed by atoms with van der Waals surface area (Å²) in [6.07, 6.45) is 0. The van der Waals surface area contributed by atoms with E-state index in [2.05, 4.69) is 0 Å². The molecule has 0 atom stereocenters. The molecule has 0 saturated heterocycles. The maximum absolute atomic E-state index is 9.86. The minimum Gasteiger partial charge on any atom is -0.455 e. The Balaban J connectivity index is 0.000000186. The van der Waals surface area contributed by atoms with Crippen molar-refractivity contribution >= 4 is 152 Å². The second kappa shape index (κ2) is 23.1. The van der Waals surface area contributed by atoms with Crippen LogP contribution >= 0.6 is 0 Å². The fourth-order valence-corrected chi connectivity index (χ4v) is 12.9. The number of furan rings is 2. The summed E-state index contributed by atoms with van der Waals surface area (Å²) in [6, 6.07) is -56.4. The predicted octanol–water partition coefficient (Wildman–Crippen LogP) is 28.7. The molecule has 102 heavy (non-hydrogen) atoms. The third-order valence-electron chi connectivity index (χ3n) is 17.2. The number of para-hydroxylation sites is 2. The lowest BCUT2D eigenvalue weighted by Gasteiger charge is -2.19. The molecule has 2 aromatic heterocycles. The third-order valence-corrected chi connectivity index (χ3v) is 17.2. The Labute approximate surface area is 671 Å². The smallest absolute Gasteiger partial charge is 0.143 e. The van der Waals surface area contributed by atoms with Crippen LogP contribution in [0.15, 0.2) is 371 Å². The van der Waals surface area contributed by atoms with Gasteiger partial charge in [-0.2, -0.15) is 0 Å². The molecular weight excluding hydrogens is 1230 g/mol. The SMILES string of the molecule is [2H]c1c([2H])c([2H])c2c(oc3c([2H])c([2H])c4c([2H])c([2H])c([2H])c([2H])c4c32)c1-c1c([2H])c([2H])c2c(-c3c4c([2H])c([2H])c([2H])c([2H])c4c(-c4c([2H])c([2H])c([2H])c5c([2H])c([2H])c([2H])c([2H])c45)c4c([2H])c([2H])c([2H])c([2H])c34)c([2H])c([2H])c([2H])c2c1[2H].[2H]c1c([2H])c([2H])c2c(oc3c([2H])c([2H])c4c([2H])c([2H])c([2H])c([2H])c4c32)c1-c1c([2H])c([2H])c2c(-c3c4c([2H])c([2H])c([2H])c([2H])c4c(-c4c([2H])c([2H])c5c([2H])c([2H])c([2H])c([2H])c5c4[2H])c4c([2H])c([2H])c([2H])c([2H])c34)c([2H])c([2H])c([2H])c2c1[2H]. The molecule has 20 aromatic carbocycles. The minimum absolute atomic E-state index is 0.382. The van der Waals surface area contributed by atoms with E-state index in [1.54, 1.807) is 0 Å². The van der Waals surface area contributed by atoms with E-state index in [-0.39, 0.29) is 10.8 Å². The van der Waals surface area contributed by atoms with Gasteiger partial charge in [0.15, 0.2) is 0 Å². The van der Waals surface area contributed by atoms with Gasteiger partial charge in [0.05, 0.1) is 82.2 Å². The zero-order valence-corrected chi connectivity index (χ0v) is 50.8. The molecule has 2 heterocycles. The molecule has 2 nitrogen and oxygen atoms in total. The van der Waals surface area contributed by atoms with Gasteiger partial charge >= 0.3 is 0 Å². The fourth-order valence-electron chi connectivity index (χ4n) is 12.9. The standard InChI is InChI=1S/2C50H30O/c1-3-16-35-31(12-1)14-9-23-39(35)47-41-18-5-7-20-43(41)48(44-21-8-6-19-42(44)47)40-24-10-15-33-30-34(26-28-36(33)40)38-22-11-25-45-49-37-17-4-2-13-32(37)27-29-46(49)51-50(38)45;1-2-13-33-29-36(24-23-31(33)11-1)47-41-16-5-7-18-43(41)48(44-19-8-6-17-42(44)47)40-21-9-14-34-30-35(25-27-37(34)40)39-20-10-22-45-49-38-15-4-3-12-32(38)26-28-46(49)51-50(39)45/h2*1-30H/i2*1D,2D,3D,4D,5D,6D,7D,8D,9D,10D,11D,12D,13D,14D,15D,16D,17D,18D,19D,20D,21D,22D,23D,24D,25D,26D,27D,28D,29D,30D. The van der Waals surface area contributed by atoms with Gasteiger partial charge in [-0.05, 0) is 194 Å². The van der Waals surface area contributed by atoms with Gasteiger partial charge in [-0.3, -0.25) is 0 Å². The zero-order chi connectivity index (χ0) is 119.